The first-order chi connectivity index (χ1) is 23.8. The molecular weight excluding hydrogens is 581 g/mol. The quantitative estimate of drug-likeness (QED) is 0.168. The van der Waals surface area contributed by atoms with Crippen LogP contribution in [-0.2, 0) is 0 Å². The third kappa shape index (κ3) is 6.17. The van der Waals surface area contributed by atoms with Crippen LogP contribution in [0.2, 0.25) is 0 Å². The van der Waals surface area contributed by atoms with Gasteiger partial charge in [-0.05, 0) is 112 Å². The van der Waals surface area contributed by atoms with Gasteiger partial charge in [0.15, 0.2) is 0 Å². The fourth-order valence-electron chi connectivity index (χ4n) is 6.62. The van der Waals surface area contributed by atoms with Gasteiger partial charge < -0.3 is 9.80 Å². The van der Waals surface area contributed by atoms with E-state index >= 15 is 0 Å². The minimum atomic E-state index is 0.967. The second-order valence-electron chi connectivity index (χ2n) is 12.2. The number of hydrogen-bond donors (Lipinski definition) is 0. The standard InChI is InChI=1S/C46H36N2/c1-3-15-41(16-4-1)47(45-31-25-37-11-7-9-13-39(37)33-45)43-27-21-35(22-28-43)19-20-36-23-29-44(30-24-36)48(42-17-5-2-6-18-42)46-32-26-38-12-8-10-14-40(38)34-46/h1-23,25-29,31-34H,24,30H2/b20-19+. The van der Waals surface area contributed by atoms with Crippen molar-refractivity contribution in [3.63, 3.8) is 0 Å². The van der Waals surface area contributed by atoms with Gasteiger partial charge in [0.25, 0.3) is 0 Å². The average molecular weight is 617 g/mol. The molecule has 0 unspecified atom stereocenters. The van der Waals surface area contributed by atoms with Crippen LogP contribution in [0, 0.1) is 0 Å². The van der Waals surface area contributed by atoms with Crippen LogP contribution >= 0.6 is 0 Å². The summed E-state index contributed by atoms with van der Waals surface area (Å²) >= 11 is 0. The molecule has 7 aromatic rings. The van der Waals surface area contributed by atoms with E-state index in [1.807, 2.05) is 0 Å². The summed E-state index contributed by atoms with van der Waals surface area (Å²) in [7, 11) is 0. The predicted molar refractivity (Wildman–Crippen MR) is 206 cm³/mol. The number of rotatable bonds is 8. The van der Waals surface area contributed by atoms with Gasteiger partial charge >= 0.3 is 0 Å². The molecule has 0 amide bonds. The van der Waals surface area contributed by atoms with Crippen molar-refractivity contribution in [2.45, 2.75) is 12.8 Å². The van der Waals surface area contributed by atoms with Gasteiger partial charge in [0.2, 0.25) is 0 Å². The minimum Gasteiger partial charge on any atom is -0.314 e. The highest BCUT2D eigenvalue weighted by Crippen LogP contribution is 2.37. The van der Waals surface area contributed by atoms with Crippen LogP contribution in [0.4, 0.5) is 28.4 Å². The Morgan fingerprint density at radius 1 is 0.354 bits per heavy atom. The largest absolute Gasteiger partial charge is 0.314 e. The predicted octanol–water partition coefficient (Wildman–Crippen LogP) is 12.9. The second kappa shape index (κ2) is 13.3. The molecule has 0 aromatic heterocycles. The van der Waals surface area contributed by atoms with Crippen molar-refractivity contribution in [2.75, 3.05) is 9.80 Å². The lowest BCUT2D eigenvalue weighted by Gasteiger charge is -2.29. The molecule has 7 aromatic carbocycles. The minimum absolute atomic E-state index is 0.967. The molecule has 0 saturated carbocycles. The first-order valence-electron chi connectivity index (χ1n) is 16.6. The smallest absolute Gasteiger partial charge is 0.0468 e. The van der Waals surface area contributed by atoms with Crippen molar-refractivity contribution in [1.82, 2.24) is 0 Å². The number of allylic oxidation sites excluding steroid dienone is 5. The molecule has 0 atom stereocenters. The molecule has 2 nitrogen and oxygen atoms in total. The first kappa shape index (κ1) is 29.3. The van der Waals surface area contributed by atoms with Crippen LogP contribution in [0.1, 0.15) is 18.4 Å². The third-order valence-electron chi connectivity index (χ3n) is 9.10. The van der Waals surface area contributed by atoms with Crippen molar-refractivity contribution < 1.29 is 0 Å². The third-order valence-corrected chi connectivity index (χ3v) is 9.10. The molecule has 8 rings (SSSR count). The first-order valence-corrected chi connectivity index (χ1v) is 16.6. The topological polar surface area (TPSA) is 6.48 Å². The van der Waals surface area contributed by atoms with Crippen LogP contribution in [0.25, 0.3) is 27.6 Å². The summed E-state index contributed by atoms with van der Waals surface area (Å²) in [6, 6.07) is 60.7. The summed E-state index contributed by atoms with van der Waals surface area (Å²) in [4.78, 5) is 4.72. The van der Waals surface area contributed by atoms with Gasteiger partial charge in [-0.1, -0.05) is 127 Å². The Morgan fingerprint density at radius 2 is 0.833 bits per heavy atom. The van der Waals surface area contributed by atoms with Gasteiger partial charge in [-0.3, -0.25) is 0 Å². The molecule has 0 aliphatic heterocycles. The highest BCUT2D eigenvalue weighted by atomic mass is 15.2. The molecule has 0 bridgehead atoms. The maximum Gasteiger partial charge on any atom is 0.0468 e. The highest BCUT2D eigenvalue weighted by Gasteiger charge is 2.17. The van der Waals surface area contributed by atoms with Crippen molar-refractivity contribution in [2.24, 2.45) is 0 Å². The van der Waals surface area contributed by atoms with Gasteiger partial charge in [0.1, 0.15) is 0 Å². The molecule has 0 N–H and O–H groups in total. The van der Waals surface area contributed by atoms with E-state index in [0.29, 0.717) is 0 Å². The lowest BCUT2D eigenvalue weighted by Crippen LogP contribution is -2.17. The van der Waals surface area contributed by atoms with E-state index < -0.39 is 0 Å². The molecule has 0 fully saturated rings. The van der Waals surface area contributed by atoms with Gasteiger partial charge in [0, 0.05) is 34.1 Å². The summed E-state index contributed by atoms with van der Waals surface area (Å²) in [6.07, 6.45) is 11.0. The Hall–Kier alpha value is -6.12. The summed E-state index contributed by atoms with van der Waals surface area (Å²) in [5, 5.41) is 4.99. The van der Waals surface area contributed by atoms with E-state index in [0.717, 1.165) is 29.9 Å². The zero-order valence-electron chi connectivity index (χ0n) is 26.8. The number of para-hydroxylation sites is 2. The summed E-state index contributed by atoms with van der Waals surface area (Å²) in [5.74, 6) is 0. The molecule has 0 radical (unpaired) electrons. The number of fused-ring (bicyclic) bond motifs is 2. The fraction of sp³-hybridized carbons (Fsp3) is 0.0435. The van der Waals surface area contributed by atoms with Crippen molar-refractivity contribution in [1.29, 1.82) is 0 Å². The Bertz CT molecular complexity index is 2280. The Morgan fingerprint density at radius 3 is 1.40 bits per heavy atom. The van der Waals surface area contributed by atoms with Gasteiger partial charge in [-0.2, -0.15) is 0 Å². The molecule has 1 aliphatic rings. The fourth-order valence-corrected chi connectivity index (χ4v) is 6.62. The van der Waals surface area contributed by atoms with Gasteiger partial charge in [-0.25, -0.2) is 0 Å². The molecule has 230 valence electrons. The number of anilines is 5. The van der Waals surface area contributed by atoms with E-state index in [9.17, 15) is 0 Å². The summed E-state index contributed by atoms with van der Waals surface area (Å²) in [6.45, 7) is 0. The average Bonchev–Trinajstić information content (AvgIpc) is 3.16. The summed E-state index contributed by atoms with van der Waals surface area (Å²) < 4.78 is 0. The number of nitrogens with zero attached hydrogens (tertiary/aromatic N) is 2. The monoisotopic (exact) mass is 616 g/mol. The number of hydrogen-bond acceptors (Lipinski definition) is 2. The van der Waals surface area contributed by atoms with Crippen LogP contribution in [0.3, 0.4) is 0 Å². The molecule has 1 aliphatic carbocycles. The molecule has 0 heterocycles. The van der Waals surface area contributed by atoms with Crippen LogP contribution in [-0.4, -0.2) is 0 Å². The van der Waals surface area contributed by atoms with Gasteiger partial charge in [0.05, 0.1) is 0 Å². The van der Waals surface area contributed by atoms with E-state index in [1.54, 1.807) is 0 Å². The normalized spacial score (nSPS) is 13.0. The molecule has 0 saturated heterocycles. The maximum absolute atomic E-state index is 2.40. The lowest BCUT2D eigenvalue weighted by molar-refractivity contribution is 0.892. The summed E-state index contributed by atoms with van der Waals surface area (Å²) in [5.41, 5.74) is 9.59. The van der Waals surface area contributed by atoms with E-state index in [4.69, 9.17) is 0 Å². The molecule has 48 heavy (non-hydrogen) atoms. The van der Waals surface area contributed by atoms with Crippen molar-refractivity contribution >= 4 is 56.1 Å². The highest BCUT2D eigenvalue weighted by molar-refractivity contribution is 5.90. The van der Waals surface area contributed by atoms with Crippen LogP contribution < -0.4 is 9.80 Å². The lowest BCUT2D eigenvalue weighted by atomic mass is 9.99. The Kier molecular flexibility index (Phi) is 8.13. The van der Waals surface area contributed by atoms with Crippen LogP contribution in [0.5, 0.6) is 0 Å². The Balaban J connectivity index is 1.05. The molecule has 2 heteroatoms. The maximum atomic E-state index is 2.40. The zero-order valence-corrected chi connectivity index (χ0v) is 26.8. The van der Waals surface area contributed by atoms with Crippen LogP contribution in [0.15, 0.2) is 199 Å². The second-order valence-corrected chi connectivity index (χ2v) is 12.2. The van der Waals surface area contributed by atoms with E-state index in [1.165, 1.54) is 49.8 Å². The van der Waals surface area contributed by atoms with Gasteiger partial charge in [-0.15, -0.1) is 0 Å². The number of benzene rings is 7. The molecular formula is C46H36N2. The molecule has 0 spiro atoms. The van der Waals surface area contributed by atoms with Crippen molar-refractivity contribution in [3.05, 3.63) is 205 Å². The Labute approximate surface area is 282 Å². The van der Waals surface area contributed by atoms with Crippen molar-refractivity contribution in [3.8, 4) is 0 Å². The zero-order chi connectivity index (χ0) is 32.1. The van der Waals surface area contributed by atoms with E-state index in [-0.39, 0.29) is 0 Å². The van der Waals surface area contributed by atoms with E-state index in [2.05, 4.69) is 204 Å². The SMILES string of the molecule is C1=C(/C=C/c2ccc(N(c3ccccc3)c3ccc4ccccc4c3)cc2)CCC(N(c2ccccc2)c2ccc3ccccc3c2)=C1.